The molecule has 2 aromatic carbocycles. The van der Waals surface area contributed by atoms with E-state index in [0.29, 0.717) is 12.2 Å². The number of aryl methyl sites for hydroxylation is 1. The number of carbonyl (C=O) groups excluding carboxylic acids is 1. The van der Waals surface area contributed by atoms with Gasteiger partial charge in [0, 0.05) is 12.5 Å². The van der Waals surface area contributed by atoms with Crippen molar-refractivity contribution in [3.8, 4) is 5.69 Å². The van der Waals surface area contributed by atoms with Gasteiger partial charge in [0.25, 0.3) is 0 Å². The Kier molecular flexibility index (Phi) is 4.18. The fourth-order valence-electron chi connectivity index (χ4n) is 3.43. The van der Waals surface area contributed by atoms with Crippen molar-refractivity contribution in [3.63, 3.8) is 0 Å². The molecular formula is C20H20N4O2. The molecule has 0 saturated heterocycles. The van der Waals surface area contributed by atoms with E-state index in [1.54, 1.807) is 16.9 Å². The van der Waals surface area contributed by atoms with E-state index in [4.69, 9.17) is 0 Å². The molecule has 6 heteroatoms. The van der Waals surface area contributed by atoms with Gasteiger partial charge in [0.05, 0.1) is 24.0 Å². The van der Waals surface area contributed by atoms with E-state index >= 15 is 0 Å². The predicted octanol–water partition coefficient (Wildman–Crippen LogP) is 2.96. The molecule has 0 spiro atoms. The number of aromatic nitrogens is 2. The van der Waals surface area contributed by atoms with Crippen LogP contribution in [-0.2, 0) is 6.42 Å². The van der Waals surface area contributed by atoms with Crippen molar-refractivity contribution in [1.82, 2.24) is 15.1 Å². The highest BCUT2D eigenvalue weighted by Gasteiger charge is 2.32. The van der Waals surface area contributed by atoms with Crippen LogP contribution in [-0.4, -0.2) is 27.0 Å². The zero-order valence-electron chi connectivity index (χ0n) is 14.4. The molecule has 6 nitrogen and oxygen atoms in total. The number of aliphatic hydroxyl groups excluding tert-OH is 1. The standard InChI is InChI=1S/C20H20N4O2/c1-13-6-2-5-9-16(13)24-18(10-11-21-24)22-20(26)23-19-15-8-4-3-7-14(15)12-17(19)25/h2-11,17,19,25H,12H2,1H3,(H2,22,23,26)/t17-,19+/m0/s1. The molecule has 1 aliphatic rings. The highest BCUT2D eigenvalue weighted by atomic mass is 16.3. The normalized spacial score (nSPS) is 18.4. The Morgan fingerprint density at radius 1 is 1.15 bits per heavy atom. The number of para-hydroxylation sites is 1. The van der Waals surface area contributed by atoms with E-state index in [1.807, 2.05) is 55.5 Å². The summed E-state index contributed by atoms with van der Waals surface area (Å²) in [5.74, 6) is 0.567. The smallest absolute Gasteiger partial charge is 0.320 e. The lowest BCUT2D eigenvalue weighted by Gasteiger charge is -2.19. The van der Waals surface area contributed by atoms with Gasteiger partial charge in [0.1, 0.15) is 5.82 Å². The molecule has 0 unspecified atom stereocenters. The Morgan fingerprint density at radius 3 is 2.77 bits per heavy atom. The van der Waals surface area contributed by atoms with Gasteiger partial charge in [-0.15, -0.1) is 0 Å². The molecule has 26 heavy (non-hydrogen) atoms. The summed E-state index contributed by atoms with van der Waals surface area (Å²) in [7, 11) is 0. The number of nitrogens with one attached hydrogen (secondary N) is 2. The van der Waals surface area contributed by atoms with E-state index < -0.39 is 12.1 Å². The molecule has 4 rings (SSSR count). The monoisotopic (exact) mass is 348 g/mol. The third kappa shape index (κ3) is 2.95. The lowest BCUT2D eigenvalue weighted by molar-refractivity contribution is 0.144. The summed E-state index contributed by atoms with van der Waals surface area (Å²) in [6.45, 7) is 1.99. The number of urea groups is 1. The third-order valence-electron chi connectivity index (χ3n) is 4.72. The number of anilines is 1. The van der Waals surface area contributed by atoms with Crippen molar-refractivity contribution in [1.29, 1.82) is 0 Å². The number of carbonyl (C=O) groups is 1. The zero-order chi connectivity index (χ0) is 18.1. The van der Waals surface area contributed by atoms with Crippen LogP contribution in [0.5, 0.6) is 0 Å². The molecule has 0 aliphatic heterocycles. The molecule has 132 valence electrons. The highest BCUT2D eigenvalue weighted by molar-refractivity contribution is 5.89. The number of nitrogens with zero attached hydrogens (tertiary/aromatic N) is 2. The Bertz CT molecular complexity index is 950. The molecule has 1 heterocycles. The first kappa shape index (κ1) is 16.4. The van der Waals surface area contributed by atoms with Crippen molar-refractivity contribution >= 4 is 11.8 Å². The van der Waals surface area contributed by atoms with Crippen molar-refractivity contribution in [2.75, 3.05) is 5.32 Å². The van der Waals surface area contributed by atoms with Gasteiger partial charge < -0.3 is 10.4 Å². The second kappa shape index (κ2) is 6.65. The summed E-state index contributed by atoms with van der Waals surface area (Å²) in [4.78, 5) is 12.5. The van der Waals surface area contributed by atoms with E-state index in [-0.39, 0.29) is 6.03 Å². The van der Waals surface area contributed by atoms with Crippen molar-refractivity contribution < 1.29 is 9.90 Å². The Hall–Kier alpha value is -3.12. The van der Waals surface area contributed by atoms with Crippen LogP contribution < -0.4 is 10.6 Å². The van der Waals surface area contributed by atoms with Gasteiger partial charge in [-0.2, -0.15) is 5.10 Å². The fraction of sp³-hybridized carbons (Fsp3) is 0.200. The van der Waals surface area contributed by atoms with Gasteiger partial charge in [-0.05, 0) is 29.7 Å². The minimum atomic E-state index is -0.626. The summed E-state index contributed by atoms with van der Waals surface area (Å²) in [6, 6.07) is 16.5. The van der Waals surface area contributed by atoms with E-state index in [0.717, 1.165) is 22.4 Å². The zero-order valence-corrected chi connectivity index (χ0v) is 14.4. The quantitative estimate of drug-likeness (QED) is 0.681. The van der Waals surface area contributed by atoms with E-state index in [2.05, 4.69) is 15.7 Å². The van der Waals surface area contributed by atoms with Crippen LogP contribution in [0.4, 0.5) is 10.6 Å². The molecule has 0 bridgehead atoms. The van der Waals surface area contributed by atoms with Crippen molar-refractivity contribution in [2.45, 2.75) is 25.5 Å². The summed E-state index contributed by atoms with van der Waals surface area (Å²) >= 11 is 0. The van der Waals surface area contributed by atoms with Crippen LogP contribution in [0.15, 0.2) is 60.8 Å². The van der Waals surface area contributed by atoms with Crippen LogP contribution in [0.1, 0.15) is 22.7 Å². The van der Waals surface area contributed by atoms with Crippen molar-refractivity contribution in [3.05, 3.63) is 77.5 Å². The largest absolute Gasteiger partial charge is 0.390 e. The summed E-state index contributed by atoms with van der Waals surface area (Å²) in [5.41, 5.74) is 3.98. The van der Waals surface area contributed by atoms with Gasteiger partial charge in [-0.3, -0.25) is 5.32 Å². The molecule has 1 aromatic heterocycles. The van der Waals surface area contributed by atoms with Crippen molar-refractivity contribution in [2.24, 2.45) is 0 Å². The molecule has 0 fully saturated rings. The Morgan fingerprint density at radius 2 is 1.92 bits per heavy atom. The average Bonchev–Trinajstić information content (AvgIpc) is 3.20. The molecule has 2 atom stereocenters. The number of fused-ring (bicyclic) bond motifs is 1. The van der Waals surface area contributed by atoms with Crippen LogP contribution in [0.3, 0.4) is 0 Å². The molecule has 3 N–H and O–H groups in total. The van der Waals surface area contributed by atoms with Crippen LogP contribution in [0.25, 0.3) is 5.69 Å². The van der Waals surface area contributed by atoms with Gasteiger partial charge >= 0.3 is 6.03 Å². The Balaban J connectivity index is 1.52. The third-order valence-corrected chi connectivity index (χ3v) is 4.72. The van der Waals surface area contributed by atoms with Gasteiger partial charge in [-0.1, -0.05) is 42.5 Å². The van der Waals surface area contributed by atoms with Gasteiger partial charge in [0.15, 0.2) is 0 Å². The van der Waals surface area contributed by atoms with Gasteiger partial charge in [-0.25, -0.2) is 9.48 Å². The number of rotatable bonds is 3. The number of hydrogen-bond acceptors (Lipinski definition) is 3. The molecule has 2 amide bonds. The lowest BCUT2D eigenvalue weighted by Crippen LogP contribution is -2.37. The predicted molar refractivity (Wildman–Crippen MR) is 99.3 cm³/mol. The van der Waals surface area contributed by atoms with Crippen LogP contribution >= 0.6 is 0 Å². The fourth-order valence-corrected chi connectivity index (χ4v) is 3.43. The molecular weight excluding hydrogens is 328 g/mol. The maximum Gasteiger partial charge on any atom is 0.320 e. The van der Waals surface area contributed by atoms with E-state index in [9.17, 15) is 9.90 Å². The number of benzene rings is 2. The molecule has 0 radical (unpaired) electrons. The topological polar surface area (TPSA) is 79.2 Å². The first-order valence-corrected chi connectivity index (χ1v) is 8.57. The second-order valence-electron chi connectivity index (χ2n) is 6.46. The highest BCUT2D eigenvalue weighted by Crippen LogP contribution is 2.31. The summed E-state index contributed by atoms with van der Waals surface area (Å²) in [5, 5.41) is 20.3. The molecule has 3 aromatic rings. The number of aliphatic hydroxyl groups is 1. The SMILES string of the molecule is Cc1ccccc1-n1nccc1NC(=O)N[C@@H]1c2ccccc2C[C@@H]1O. The first-order chi connectivity index (χ1) is 12.6. The lowest BCUT2D eigenvalue weighted by atomic mass is 10.1. The Labute approximate surface area is 151 Å². The average molecular weight is 348 g/mol. The van der Waals surface area contributed by atoms with Crippen LogP contribution in [0, 0.1) is 6.92 Å². The van der Waals surface area contributed by atoms with Gasteiger partial charge in [0.2, 0.25) is 0 Å². The maximum absolute atomic E-state index is 12.5. The molecule has 0 saturated carbocycles. The van der Waals surface area contributed by atoms with E-state index in [1.165, 1.54) is 0 Å². The summed E-state index contributed by atoms with van der Waals surface area (Å²) < 4.78 is 1.69. The number of amides is 2. The number of hydrogen-bond donors (Lipinski definition) is 3. The maximum atomic E-state index is 12.5. The van der Waals surface area contributed by atoms with Crippen LogP contribution in [0.2, 0.25) is 0 Å². The minimum absolute atomic E-state index is 0.374. The second-order valence-corrected chi connectivity index (χ2v) is 6.46. The summed E-state index contributed by atoms with van der Waals surface area (Å²) in [6.07, 6.45) is 1.56. The first-order valence-electron chi connectivity index (χ1n) is 8.57. The minimum Gasteiger partial charge on any atom is -0.390 e. The molecule has 1 aliphatic carbocycles.